The van der Waals surface area contributed by atoms with Crippen molar-refractivity contribution >= 4 is 33.0 Å². The number of rotatable bonds is 5. The number of aryl methyl sites for hydroxylation is 1. The molecule has 0 radical (unpaired) electrons. The van der Waals surface area contributed by atoms with E-state index < -0.39 is 0 Å². The summed E-state index contributed by atoms with van der Waals surface area (Å²) in [6, 6.07) is 10.2. The number of carbonyl (C=O) groups excluding carboxylic acids is 1. The van der Waals surface area contributed by atoms with Crippen molar-refractivity contribution in [3.63, 3.8) is 0 Å². The van der Waals surface area contributed by atoms with Gasteiger partial charge in [0.2, 0.25) is 0 Å². The third kappa shape index (κ3) is 3.25. The van der Waals surface area contributed by atoms with Crippen molar-refractivity contribution in [1.82, 2.24) is 20.2 Å². The first kappa shape index (κ1) is 18.2. The molecular formula is C19H16FN5O2S. The number of fused-ring (bicyclic) bond motifs is 1. The maximum absolute atomic E-state index is 14.3. The average Bonchev–Trinajstić information content (AvgIpc) is 3.31. The fraction of sp³-hybridized carbons (Fsp3) is 0.158. The highest BCUT2D eigenvalue weighted by Gasteiger charge is 2.21. The minimum atomic E-state index is -0.360. The molecule has 4 rings (SSSR count). The second-order valence-corrected chi connectivity index (χ2v) is 7.22. The molecule has 2 heterocycles. The van der Waals surface area contributed by atoms with Gasteiger partial charge >= 0.3 is 0 Å². The zero-order valence-electron chi connectivity index (χ0n) is 15.1. The molecule has 0 fully saturated rings. The summed E-state index contributed by atoms with van der Waals surface area (Å²) in [6.45, 7) is 2.05. The predicted octanol–water partition coefficient (Wildman–Crippen LogP) is 3.72. The van der Waals surface area contributed by atoms with Gasteiger partial charge in [0.05, 0.1) is 17.2 Å². The molecule has 0 unspecified atom stereocenters. The van der Waals surface area contributed by atoms with Crippen molar-refractivity contribution in [1.29, 1.82) is 0 Å². The Morgan fingerprint density at radius 3 is 2.89 bits per heavy atom. The van der Waals surface area contributed by atoms with Gasteiger partial charge in [-0.1, -0.05) is 6.07 Å². The highest BCUT2D eigenvalue weighted by Crippen LogP contribution is 2.34. The van der Waals surface area contributed by atoms with Crippen molar-refractivity contribution in [2.24, 2.45) is 0 Å². The highest BCUT2D eigenvalue weighted by molar-refractivity contribution is 7.21. The molecule has 28 heavy (non-hydrogen) atoms. The van der Waals surface area contributed by atoms with Crippen LogP contribution >= 0.6 is 11.3 Å². The van der Waals surface area contributed by atoms with Gasteiger partial charge in [0.25, 0.3) is 5.91 Å². The molecule has 0 saturated carbocycles. The lowest BCUT2D eigenvalue weighted by molar-refractivity contribution is 0.102. The first-order valence-corrected chi connectivity index (χ1v) is 9.24. The molecule has 4 aromatic rings. The van der Waals surface area contributed by atoms with Crippen LogP contribution in [0.3, 0.4) is 0 Å². The Kier molecular flexibility index (Phi) is 4.84. The second kappa shape index (κ2) is 7.45. The molecule has 1 amide bonds. The Morgan fingerprint density at radius 2 is 2.18 bits per heavy atom. The van der Waals surface area contributed by atoms with Gasteiger partial charge in [0.1, 0.15) is 12.1 Å². The monoisotopic (exact) mass is 397 g/mol. The van der Waals surface area contributed by atoms with Crippen LogP contribution in [0.15, 0.2) is 42.7 Å². The molecule has 0 bridgehead atoms. The predicted molar refractivity (Wildman–Crippen MR) is 104 cm³/mol. The number of anilines is 1. The zero-order chi connectivity index (χ0) is 19.7. The van der Waals surface area contributed by atoms with Crippen molar-refractivity contribution < 1.29 is 13.9 Å². The lowest BCUT2D eigenvalue weighted by atomic mass is 10.1. The van der Waals surface area contributed by atoms with Crippen LogP contribution < -0.4 is 5.32 Å². The molecule has 0 atom stereocenters. The van der Waals surface area contributed by atoms with E-state index in [2.05, 4.69) is 20.8 Å². The van der Waals surface area contributed by atoms with E-state index in [4.69, 9.17) is 4.74 Å². The summed E-state index contributed by atoms with van der Waals surface area (Å²) < 4.78 is 21.8. The van der Waals surface area contributed by atoms with Crippen LogP contribution in [-0.2, 0) is 11.3 Å². The van der Waals surface area contributed by atoms with E-state index in [0.717, 1.165) is 11.3 Å². The van der Waals surface area contributed by atoms with Crippen LogP contribution in [0, 0.1) is 12.7 Å². The molecule has 0 spiro atoms. The molecule has 9 heteroatoms. The number of nitrogens with one attached hydrogen (secondary N) is 1. The third-order valence-corrected chi connectivity index (χ3v) is 5.50. The van der Waals surface area contributed by atoms with E-state index >= 15 is 0 Å². The number of hydrogen-bond acceptors (Lipinski definition) is 6. The Labute approximate surface area is 163 Å². The third-order valence-electron chi connectivity index (χ3n) is 4.31. The number of ether oxygens (including phenoxy) is 1. The maximum Gasteiger partial charge on any atom is 0.266 e. The van der Waals surface area contributed by atoms with Crippen LogP contribution in [0.5, 0.6) is 0 Å². The number of aromatic nitrogens is 4. The lowest BCUT2D eigenvalue weighted by Gasteiger charge is -2.09. The molecule has 1 N–H and O–H groups in total. The molecule has 0 saturated heterocycles. The Morgan fingerprint density at radius 1 is 1.32 bits per heavy atom. The number of nitrogens with zero attached hydrogens (tertiary/aromatic N) is 4. The number of benzene rings is 2. The summed E-state index contributed by atoms with van der Waals surface area (Å²) in [5.74, 6) is -0.663. The van der Waals surface area contributed by atoms with Crippen molar-refractivity contribution in [3.8, 4) is 5.69 Å². The van der Waals surface area contributed by atoms with E-state index in [0.29, 0.717) is 26.2 Å². The number of methoxy groups -OCH3 is 1. The molecule has 2 aromatic heterocycles. The molecule has 7 nitrogen and oxygen atoms in total. The Hall–Kier alpha value is -3.17. The highest BCUT2D eigenvalue weighted by atomic mass is 32.1. The van der Waals surface area contributed by atoms with Crippen molar-refractivity contribution in [2.75, 3.05) is 12.4 Å². The van der Waals surface area contributed by atoms with Gasteiger partial charge in [-0.05, 0) is 53.2 Å². The largest absolute Gasteiger partial charge is 0.380 e. The topological polar surface area (TPSA) is 81.9 Å². The van der Waals surface area contributed by atoms with Crippen LogP contribution in [0.25, 0.3) is 15.8 Å². The summed E-state index contributed by atoms with van der Waals surface area (Å²) in [5, 5.41) is 14.4. The first-order chi connectivity index (χ1) is 13.6. The van der Waals surface area contributed by atoms with Gasteiger partial charge < -0.3 is 10.1 Å². The van der Waals surface area contributed by atoms with Crippen molar-refractivity contribution in [2.45, 2.75) is 13.5 Å². The van der Waals surface area contributed by atoms with Crippen LogP contribution in [-0.4, -0.2) is 33.2 Å². The lowest BCUT2D eigenvalue weighted by Crippen LogP contribution is -2.13. The number of amides is 1. The normalized spacial score (nSPS) is 11.1. The van der Waals surface area contributed by atoms with Gasteiger partial charge in [0.15, 0.2) is 0 Å². The molecular weight excluding hydrogens is 381 g/mol. The standard InChI is InChI=1S/C19H16FN5O2S/c1-11-8-12(6-7-15(11)25-10-21-23-24-25)22-19(26)18-13(9-27-2)17-14(20)4-3-5-16(17)28-18/h3-8,10H,9H2,1-2H3,(H,22,26). The molecule has 0 aliphatic rings. The van der Waals surface area contributed by atoms with E-state index in [1.54, 1.807) is 22.9 Å². The fourth-order valence-electron chi connectivity index (χ4n) is 3.08. The number of carbonyl (C=O) groups is 1. The van der Waals surface area contributed by atoms with E-state index in [9.17, 15) is 9.18 Å². The maximum atomic E-state index is 14.3. The minimum Gasteiger partial charge on any atom is -0.380 e. The minimum absolute atomic E-state index is 0.154. The van der Waals surface area contributed by atoms with Crippen molar-refractivity contribution in [3.05, 3.63) is 64.5 Å². The molecule has 0 aliphatic heterocycles. The quantitative estimate of drug-likeness (QED) is 0.555. The molecule has 2 aromatic carbocycles. The average molecular weight is 397 g/mol. The summed E-state index contributed by atoms with van der Waals surface area (Å²) in [4.78, 5) is 13.3. The Balaban J connectivity index is 1.66. The molecule has 0 aliphatic carbocycles. The van der Waals surface area contributed by atoms with E-state index in [1.165, 1.54) is 30.8 Å². The summed E-state index contributed by atoms with van der Waals surface area (Å²) in [5.41, 5.74) is 2.89. The SMILES string of the molecule is COCc1c(C(=O)Nc2ccc(-n3cnnn3)c(C)c2)sc2cccc(F)c12. The smallest absolute Gasteiger partial charge is 0.266 e. The number of hydrogen-bond donors (Lipinski definition) is 1. The van der Waals surface area contributed by atoms with E-state index in [1.807, 2.05) is 19.1 Å². The summed E-state index contributed by atoms with van der Waals surface area (Å²) >= 11 is 1.25. The fourth-order valence-corrected chi connectivity index (χ4v) is 4.20. The van der Waals surface area contributed by atoms with Crippen LogP contribution in [0.2, 0.25) is 0 Å². The first-order valence-electron chi connectivity index (χ1n) is 8.42. The zero-order valence-corrected chi connectivity index (χ0v) is 16.0. The van der Waals surface area contributed by atoms with Gasteiger partial charge in [-0.25, -0.2) is 9.07 Å². The van der Waals surface area contributed by atoms with Crippen LogP contribution in [0.4, 0.5) is 10.1 Å². The Bertz CT molecular complexity index is 1160. The van der Waals surface area contributed by atoms with Crippen LogP contribution in [0.1, 0.15) is 20.8 Å². The number of halogens is 1. The summed E-state index contributed by atoms with van der Waals surface area (Å²) in [7, 11) is 1.52. The summed E-state index contributed by atoms with van der Waals surface area (Å²) in [6.07, 6.45) is 1.50. The van der Waals surface area contributed by atoms with E-state index in [-0.39, 0.29) is 18.3 Å². The van der Waals surface area contributed by atoms with Gasteiger partial charge in [0, 0.05) is 28.4 Å². The molecule has 142 valence electrons. The number of tetrazole rings is 1. The second-order valence-electron chi connectivity index (χ2n) is 6.17. The van der Waals surface area contributed by atoms with Gasteiger partial charge in [-0.3, -0.25) is 4.79 Å². The van der Waals surface area contributed by atoms with Gasteiger partial charge in [-0.15, -0.1) is 16.4 Å². The number of thiophene rings is 1. The van der Waals surface area contributed by atoms with Gasteiger partial charge in [-0.2, -0.15) is 0 Å².